The van der Waals surface area contributed by atoms with Gasteiger partial charge in [-0.05, 0) is 49.4 Å². The summed E-state index contributed by atoms with van der Waals surface area (Å²) in [7, 11) is -3.73. The molecular weight excluding hydrogens is 520 g/mol. The van der Waals surface area contributed by atoms with E-state index in [4.69, 9.17) is 16.6 Å². The Bertz CT molecular complexity index is 1280. The van der Waals surface area contributed by atoms with Crippen LogP contribution >= 0.6 is 46.0 Å². The summed E-state index contributed by atoms with van der Waals surface area (Å²) < 4.78 is 29.3. The zero-order valence-corrected chi connectivity index (χ0v) is 22.0. The number of thioether (sulfide) groups is 1. The minimum Gasteiger partial charge on any atom is -0.345 e. The lowest BCUT2D eigenvalue weighted by molar-refractivity contribution is -0.134. The molecule has 2 aliphatic rings. The number of thiophene rings is 1. The summed E-state index contributed by atoms with van der Waals surface area (Å²) in [4.78, 5) is 23.3. The van der Waals surface area contributed by atoms with Crippen LogP contribution in [0.4, 0.5) is 5.13 Å². The Hall–Kier alpha value is -1.37. The molecule has 0 bridgehead atoms. The molecule has 4 heterocycles. The molecule has 2 fully saturated rings. The highest BCUT2D eigenvalue weighted by Crippen LogP contribution is 2.34. The van der Waals surface area contributed by atoms with Gasteiger partial charge in [0.25, 0.3) is 10.0 Å². The fourth-order valence-corrected chi connectivity index (χ4v) is 9.14. The van der Waals surface area contributed by atoms with Crippen molar-refractivity contribution in [3.8, 4) is 0 Å². The van der Waals surface area contributed by atoms with E-state index in [1.807, 2.05) is 0 Å². The van der Waals surface area contributed by atoms with Gasteiger partial charge in [-0.2, -0.15) is 4.31 Å². The second-order valence-corrected chi connectivity index (χ2v) is 13.7. The summed E-state index contributed by atoms with van der Waals surface area (Å²) in [5.41, 5.74) is 0.992. The van der Waals surface area contributed by atoms with Crippen molar-refractivity contribution in [3.05, 3.63) is 34.7 Å². The predicted molar refractivity (Wildman–Crippen MR) is 136 cm³/mol. The maximum Gasteiger partial charge on any atom is 0.253 e. The lowest BCUT2D eigenvalue weighted by Crippen LogP contribution is -2.54. The molecule has 2 aliphatic heterocycles. The summed E-state index contributed by atoms with van der Waals surface area (Å²) in [6.07, 6.45) is 3.29. The molecule has 1 atom stereocenters. The summed E-state index contributed by atoms with van der Waals surface area (Å²) in [5.74, 6) is -0.104. The third kappa shape index (κ3) is 4.51. The number of thiazole rings is 1. The van der Waals surface area contributed by atoms with Crippen LogP contribution in [0.2, 0.25) is 4.34 Å². The molecule has 1 aromatic carbocycles. The lowest BCUT2D eigenvalue weighted by atomic mass is 10.2. The highest BCUT2D eigenvalue weighted by atomic mass is 35.5. The van der Waals surface area contributed by atoms with Crippen LogP contribution in [-0.2, 0) is 14.8 Å². The summed E-state index contributed by atoms with van der Waals surface area (Å²) >= 11 is 10.4. The molecule has 176 valence electrons. The molecule has 12 heteroatoms. The third-order valence-corrected chi connectivity index (χ3v) is 11.5. The first-order valence-electron chi connectivity index (χ1n) is 10.6. The van der Waals surface area contributed by atoms with Gasteiger partial charge in [-0.1, -0.05) is 22.9 Å². The molecular formula is C21H23ClN4O3S4. The van der Waals surface area contributed by atoms with Crippen LogP contribution in [0.25, 0.3) is 10.2 Å². The second kappa shape index (κ2) is 9.35. The van der Waals surface area contributed by atoms with Gasteiger partial charge in [0.05, 0.1) is 14.6 Å². The first-order valence-corrected chi connectivity index (χ1v) is 15.3. The van der Waals surface area contributed by atoms with Gasteiger partial charge in [0, 0.05) is 37.6 Å². The molecule has 5 rings (SSSR count). The van der Waals surface area contributed by atoms with Crippen molar-refractivity contribution in [2.45, 2.75) is 28.0 Å². The van der Waals surface area contributed by atoms with E-state index >= 15 is 0 Å². The van der Waals surface area contributed by atoms with Crippen LogP contribution in [0, 0.1) is 0 Å². The lowest BCUT2D eigenvalue weighted by Gasteiger charge is -2.37. The van der Waals surface area contributed by atoms with Crippen LogP contribution in [0.15, 0.2) is 39.4 Å². The van der Waals surface area contributed by atoms with Gasteiger partial charge in [0.15, 0.2) is 5.13 Å². The molecule has 1 amide bonds. The number of carbonyl (C=O) groups excluding carboxylic acids is 1. The van der Waals surface area contributed by atoms with Crippen LogP contribution < -0.4 is 4.90 Å². The van der Waals surface area contributed by atoms with E-state index in [1.54, 1.807) is 34.1 Å². The number of piperazine rings is 1. The quantitative estimate of drug-likeness (QED) is 0.449. The van der Waals surface area contributed by atoms with E-state index in [2.05, 4.69) is 29.4 Å². The Morgan fingerprint density at radius 1 is 1.12 bits per heavy atom. The molecule has 1 unspecified atom stereocenters. The molecule has 2 aromatic heterocycles. The van der Waals surface area contributed by atoms with E-state index in [9.17, 15) is 13.2 Å². The van der Waals surface area contributed by atoms with Gasteiger partial charge in [-0.3, -0.25) is 4.79 Å². The average Bonchev–Trinajstić information content (AvgIpc) is 3.57. The molecule has 0 aliphatic carbocycles. The maximum absolute atomic E-state index is 13.3. The van der Waals surface area contributed by atoms with Gasteiger partial charge in [0.2, 0.25) is 5.91 Å². The number of anilines is 1. The fourth-order valence-electron chi connectivity index (χ4n) is 4.31. The van der Waals surface area contributed by atoms with Crippen LogP contribution in [0.5, 0.6) is 0 Å². The standard InChI is InChI=1S/C21H23ClN4O3S4/c1-30-14-4-5-15-17(13-14)31-21(23-15)25-11-9-24(10-12-25)20(27)16-3-2-8-26(16)33(28,29)19-7-6-18(22)32-19/h4-7,13,16H,2-3,8-12H2,1H3. The van der Waals surface area contributed by atoms with Crippen LogP contribution in [0.1, 0.15) is 12.8 Å². The van der Waals surface area contributed by atoms with Crippen molar-refractivity contribution in [1.82, 2.24) is 14.2 Å². The van der Waals surface area contributed by atoms with Crippen molar-refractivity contribution in [2.24, 2.45) is 0 Å². The predicted octanol–water partition coefficient (Wildman–Crippen LogP) is 4.24. The van der Waals surface area contributed by atoms with Crippen molar-refractivity contribution in [2.75, 3.05) is 43.9 Å². The second-order valence-electron chi connectivity index (χ2n) is 7.97. The van der Waals surface area contributed by atoms with E-state index in [-0.39, 0.29) is 10.1 Å². The van der Waals surface area contributed by atoms with Gasteiger partial charge >= 0.3 is 0 Å². The first-order chi connectivity index (χ1) is 15.9. The number of hydrogen-bond acceptors (Lipinski definition) is 8. The van der Waals surface area contributed by atoms with Crippen LogP contribution in [-0.4, -0.2) is 73.5 Å². The van der Waals surface area contributed by atoms with Gasteiger partial charge < -0.3 is 9.80 Å². The topological polar surface area (TPSA) is 73.8 Å². The van der Waals surface area contributed by atoms with Gasteiger partial charge in [0.1, 0.15) is 10.3 Å². The summed E-state index contributed by atoms with van der Waals surface area (Å²) in [5, 5.41) is 0.968. The number of amides is 1. The Balaban J connectivity index is 1.26. The fraction of sp³-hybridized carbons (Fsp3) is 0.429. The minimum atomic E-state index is -3.73. The molecule has 3 aromatic rings. The number of aromatic nitrogens is 1. The largest absolute Gasteiger partial charge is 0.345 e. The molecule has 33 heavy (non-hydrogen) atoms. The summed E-state index contributed by atoms with van der Waals surface area (Å²) in [6, 6.07) is 8.75. The zero-order valence-electron chi connectivity index (χ0n) is 17.9. The Morgan fingerprint density at radius 3 is 2.61 bits per heavy atom. The number of carbonyl (C=O) groups is 1. The monoisotopic (exact) mass is 542 g/mol. The molecule has 2 saturated heterocycles. The van der Waals surface area contributed by atoms with Crippen molar-refractivity contribution in [3.63, 3.8) is 0 Å². The molecule has 0 radical (unpaired) electrons. The normalized spacial score (nSPS) is 20.1. The molecule has 0 spiro atoms. The maximum atomic E-state index is 13.3. The Morgan fingerprint density at radius 2 is 1.91 bits per heavy atom. The zero-order chi connectivity index (χ0) is 23.2. The van der Waals surface area contributed by atoms with E-state index in [1.165, 1.54) is 15.3 Å². The summed E-state index contributed by atoms with van der Waals surface area (Å²) in [6.45, 7) is 2.83. The molecule has 0 saturated carbocycles. The Kier molecular flexibility index (Phi) is 6.62. The van der Waals surface area contributed by atoms with E-state index in [0.717, 1.165) is 26.7 Å². The molecule has 0 N–H and O–H groups in total. The Labute approximate surface area is 210 Å². The first kappa shape index (κ1) is 23.4. The SMILES string of the molecule is CSc1ccc2nc(N3CCN(C(=O)C4CCCN4S(=O)(=O)c4ccc(Cl)s4)CC3)sc2c1. The van der Waals surface area contributed by atoms with E-state index < -0.39 is 16.1 Å². The van der Waals surface area contributed by atoms with Gasteiger partial charge in [-0.25, -0.2) is 13.4 Å². The smallest absolute Gasteiger partial charge is 0.253 e. The average molecular weight is 543 g/mol. The number of fused-ring (bicyclic) bond motifs is 1. The third-order valence-electron chi connectivity index (χ3n) is 6.05. The molecule has 7 nitrogen and oxygen atoms in total. The van der Waals surface area contributed by atoms with Crippen LogP contribution in [0.3, 0.4) is 0 Å². The number of sulfonamides is 1. The number of rotatable bonds is 5. The van der Waals surface area contributed by atoms with E-state index in [0.29, 0.717) is 49.9 Å². The van der Waals surface area contributed by atoms with Gasteiger partial charge in [-0.15, -0.1) is 23.1 Å². The number of nitrogens with zero attached hydrogens (tertiary/aromatic N) is 4. The number of benzene rings is 1. The highest BCUT2D eigenvalue weighted by molar-refractivity contribution is 7.98. The van der Waals surface area contributed by atoms with Crippen molar-refractivity contribution >= 4 is 77.3 Å². The van der Waals surface area contributed by atoms with Crippen molar-refractivity contribution < 1.29 is 13.2 Å². The highest BCUT2D eigenvalue weighted by Gasteiger charge is 2.42. The van der Waals surface area contributed by atoms with Crippen molar-refractivity contribution in [1.29, 1.82) is 0 Å². The number of halogens is 1. The number of hydrogen-bond donors (Lipinski definition) is 0. The minimum absolute atomic E-state index is 0.104.